The van der Waals surface area contributed by atoms with Gasteiger partial charge in [0.15, 0.2) is 11.5 Å². The highest BCUT2D eigenvalue weighted by atomic mass is 16.6. The third kappa shape index (κ3) is 3.85. The molecule has 136 valence electrons. The number of hydrogen-bond donors (Lipinski definition) is 2. The second kappa shape index (κ2) is 7.57. The molecule has 1 aromatic heterocycles. The molecule has 8 heteroatoms. The van der Waals surface area contributed by atoms with Crippen molar-refractivity contribution in [3.05, 3.63) is 36.3 Å². The Labute approximate surface area is 150 Å². The summed E-state index contributed by atoms with van der Waals surface area (Å²) in [6, 6.07) is 5.56. The van der Waals surface area contributed by atoms with Crippen LogP contribution in [0.4, 0.5) is 11.5 Å². The number of hydrogen-bond acceptors (Lipinski definition) is 7. The minimum absolute atomic E-state index is 0.100. The number of nitrogens with one attached hydrogen (secondary N) is 2. The lowest BCUT2D eigenvalue weighted by Crippen LogP contribution is -2.32. The molecule has 4 rings (SSSR count). The normalized spacial score (nSPS) is 18.4. The zero-order valence-electron chi connectivity index (χ0n) is 14.2. The summed E-state index contributed by atoms with van der Waals surface area (Å²) in [5, 5.41) is 5.96. The Kier molecular flexibility index (Phi) is 4.83. The van der Waals surface area contributed by atoms with E-state index < -0.39 is 0 Å². The van der Waals surface area contributed by atoms with Crippen molar-refractivity contribution in [2.24, 2.45) is 0 Å². The highest BCUT2D eigenvalue weighted by Crippen LogP contribution is 2.33. The molecule has 0 spiro atoms. The van der Waals surface area contributed by atoms with Crippen LogP contribution in [0, 0.1) is 0 Å². The van der Waals surface area contributed by atoms with Crippen molar-refractivity contribution >= 4 is 17.4 Å². The lowest BCUT2D eigenvalue weighted by atomic mass is 10.2. The summed E-state index contributed by atoms with van der Waals surface area (Å²) < 4.78 is 16.5. The first-order valence-electron chi connectivity index (χ1n) is 8.66. The summed E-state index contributed by atoms with van der Waals surface area (Å²) in [6.45, 7) is 2.35. The first-order chi connectivity index (χ1) is 12.8. The predicted octanol–water partition coefficient (Wildman–Crippen LogP) is 1.90. The molecule has 1 fully saturated rings. The lowest BCUT2D eigenvalue weighted by Gasteiger charge is -2.19. The average molecular weight is 356 g/mol. The van der Waals surface area contributed by atoms with Gasteiger partial charge in [-0.15, -0.1) is 0 Å². The topological polar surface area (TPSA) is 94.6 Å². The maximum Gasteiger partial charge on any atom is 0.271 e. The average Bonchev–Trinajstić information content (AvgIpc) is 3.20. The summed E-state index contributed by atoms with van der Waals surface area (Å²) >= 11 is 0. The van der Waals surface area contributed by atoms with E-state index in [4.69, 9.17) is 14.2 Å². The number of ether oxygens (including phenoxy) is 3. The van der Waals surface area contributed by atoms with E-state index in [2.05, 4.69) is 20.6 Å². The van der Waals surface area contributed by atoms with Crippen molar-refractivity contribution in [2.45, 2.75) is 18.9 Å². The number of carbonyl (C=O) groups excluding carboxylic acids is 1. The van der Waals surface area contributed by atoms with Crippen molar-refractivity contribution in [1.29, 1.82) is 0 Å². The van der Waals surface area contributed by atoms with Gasteiger partial charge < -0.3 is 24.8 Å². The number of rotatable bonds is 5. The van der Waals surface area contributed by atoms with E-state index in [-0.39, 0.29) is 17.7 Å². The summed E-state index contributed by atoms with van der Waals surface area (Å²) in [7, 11) is 0. The number of fused-ring (bicyclic) bond motifs is 1. The molecule has 2 aliphatic rings. The van der Waals surface area contributed by atoms with Crippen LogP contribution in [-0.4, -0.2) is 48.3 Å². The fraction of sp³-hybridized carbons (Fsp3) is 0.389. The smallest absolute Gasteiger partial charge is 0.271 e. The van der Waals surface area contributed by atoms with Crippen molar-refractivity contribution in [1.82, 2.24) is 15.3 Å². The monoisotopic (exact) mass is 356 g/mol. The van der Waals surface area contributed by atoms with Crippen LogP contribution in [0.25, 0.3) is 0 Å². The number of aromatic nitrogens is 2. The highest BCUT2D eigenvalue weighted by molar-refractivity contribution is 5.92. The standard InChI is InChI=1S/C18H20N4O4/c23-18(21-9-13-2-1-5-24-13)14-10-20-17(11-19-14)22-12-3-4-15-16(8-12)26-7-6-25-15/h3-4,8,10-11,13H,1-2,5-7,9H2,(H,20,22)(H,21,23). The van der Waals surface area contributed by atoms with E-state index in [9.17, 15) is 4.79 Å². The Hall–Kier alpha value is -2.87. The number of amides is 1. The summed E-state index contributed by atoms with van der Waals surface area (Å²) in [6.07, 6.45) is 5.09. The van der Waals surface area contributed by atoms with E-state index in [1.54, 1.807) is 0 Å². The molecule has 3 heterocycles. The summed E-state index contributed by atoms with van der Waals surface area (Å²) in [5.74, 6) is 1.71. The Balaban J connectivity index is 1.35. The third-order valence-electron chi connectivity index (χ3n) is 4.21. The number of nitrogens with zero attached hydrogens (tertiary/aromatic N) is 2. The minimum atomic E-state index is -0.251. The minimum Gasteiger partial charge on any atom is -0.486 e. The van der Waals surface area contributed by atoms with Gasteiger partial charge in [-0.05, 0) is 25.0 Å². The van der Waals surface area contributed by atoms with Crippen molar-refractivity contribution in [3.63, 3.8) is 0 Å². The SMILES string of the molecule is O=C(NCC1CCCO1)c1cnc(Nc2ccc3c(c2)OCCO3)cn1. The molecule has 2 N–H and O–H groups in total. The van der Waals surface area contributed by atoms with Crippen LogP contribution in [-0.2, 0) is 4.74 Å². The van der Waals surface area contributed by atoms with Gasteiger partial charge in [0.1, 0.15) is 24.7 Å². The van der Waals surface area contributed by atoms with Gasteiger partial charge in [0, 0.05) is 24.9 Å². The van der Waals surface area contributed by atoms with Gasteiger partial charge in [0.2, 0.25) is 0 Å². The van der Waals surface area contributed by atoms with E-state index in [1.165, 1.54) is 12.4 Å². The van der Waals surface area contributed by atoms with Gasteiger partial charge in [-0.25, -0.2) is 9.97 Å². The van der Waals surface area contributed by atoms with Crippen LogP contribution in [0.3, 0.4) is 0 Å². The van der Waals surface area contributed by atoms with Crippen LogP contribution in [0.1, 0.15) is 23.3 Å². The maximum atomic E-state index is 12.1. The second-order valence-electron chi connectivity index (χ2n) is 6.12. The zero-order chi connectivity index (χ0) is 17.8. The Morgan fingerprint density at radius 1 is 1.12 bits per heavy atom. The summed E-state index contributed by atoms with van der Waals surface area (Å²) in [5.41, 5.74) is 1.08. The first kappa shape index (κ1) is 16.6. The van der Waals surface area contributed by atoms with E-state index in [0.717, 1.165) is 30.9 Å². The van der Waals surface area contributed by atoms with E-state index >= 15 is 0 Å². The predicted molar refractivity (Wildman–Crippen MR) is 94.1 cm³/mol. The zero-order valence-corrected chi connectivity index (χ0v) is 14.2. The Bertz CT molecular complexity index is 775. The van der Waals surface area contributed by atoms with Gasteiger partial charge in [0.25, 0.3) is 5.91 Å². The molecule has 1 aromatic carbocycles. The van der Waals surface area contributed by atoms with E-state index in [0.29, 0.717) is 31.3 Å². The fourth-order valence-electron chi connectivity index (χ4n) is 2.88. The second-order valence-corrected chi connectivity index (χ2v) is 6.12. The van der Waals surface area contributed by atoms with Crippen LogP contribution in [0.15, 0.2) is 30.6 Å². The van der Waals surface area contributed by atoms with Crippen molar-refractivity contribution in [3.8, 4) is 11.5 Å². The van der Waals surface area contributed by atoms with Gasteiger partial charge in [0.05, 0.1) is 18.5 Å². The lowest BCUT2D eigenvalue weighted by molar-refractivity contribution is 0.0853. The van der Waals surface area contributed by atoms with E-state index in [1.807, 2.05) is 18.2 Å². The molecule has 0 radical (unpaired) electrons. The first-order valence-corrected chi connectivity index (χ1v) is 8.66. The Morgan fingerprint density at radius 3 is 2.77 bits per heavy atom. The molecule has 0 aliphatic carbocycles. The summed E-state index contributed by atoms with van der Waals surface area (Å²) in [4.78, 5) is 20.5. The number of anilines is 2. The molecule has 1 atom stereocenters. The molecule has 2 aromatic rings. The molecular formula is C18H20N4O4. The Morgan fingerprint density at radius 2 is 2.00 bits per heavy atom. The molecule has 1 amide bonds. The molecule has 0 saturated carbocycles. The number of benzene rings is 1. The van der Waals surface area contributed by atoms with Crippen LogP contribution in [0.2, 0.25) is 0 Å². The number of carbonyl (C=O) groups is 1. The molecule has 26 heavy (non-hydrogen) atoms. The molecular weight excluding hydrogens is 336 g/mol. The van der Waals surface area contributed by atoms with Crippen LogP contribution in [0.5, 0.6) is 11.5 Å². The fourth-order valence-corrected chi connectivity index (χ4v) is 2.88. The van der Waals surface area contributed by atoms with Crippen molar-refractivity contribution < 1.29 is 19.0 Å². The highest BCUT2D eigenvalue weighted by Gasteiger charge is 2.17. The molecule has 8 nitrogen and oxygen atoms in total. The largest absolute Gasteiger partial charge is 0.486 e. The maximum absolute atomic E-state index is 12.1. The van der Waals surface area contributed by atoms with Gasteiger partial charge in [-0.1, -0.05) is 0 Å². The van der Waals surface area contributed by atoms with Crippen LogP contribution < -0.4 is 20.1 Å². The third-order valence-corrected chi connectivity index (χ3v) is 4.21. The van der Waals surface area contributed by atoms with Crippen LogP contribution >= 0.6 is 0 Å². The quantitative estimate of drug-likeness (QED) is 0.845. The van der Waals surface area contributed by atoms with Gasteiger partial charge in [-0.2, -0.15) is 0 Å². The molecule has 2 aliphatic heterocycles. The molecule has 0 bridgehead atoms. The van der Waals surface area contributed by atoms with Gasteiger partial charge in [-0.3, -0.25) is 4.79 Å². The van der Waals surface area contributed by atoms with Crippen molar-refractivity contribution in [2.75, 3.05) is 31.7 Å². The van der Waals surface area contributed by atoms with Gasteiger partial charge >= 0.3 is 0 Å². The molecule has 1 unspecified atom stereocenters. The molecule has 1 saturated heterocycles.